The number of ether oxygens (including phenoxy) is 2. The summed E-state index contributed by atoms with van der Waals surface area (Å²) in [5, 5.41) is 13.1. The molecule has 47 heavy (non-hydrogen) atoms. The van der Waals surface area contributed by atoms with E-state index in [0.717, 1.165) is 18.4 Å². The van der Waals surface area contributed by atoms with Gasteiger partial charge in [0.15, 0.2) is 0 Å². The largest absolute Gasteiger partial charge is 0.490 e. The maximum absolute atomic E-state index is 14.3. The summed E-state index contributed by atoms with van der Waals surface area (Å²) < 4.78 is 40.8. The molecule has 2 amide bonds. The lowest BCUT2D eigenvalue weighted by Gasteiger charge is -2.35. The van der Waals surface area contributed by atoms with Gasteiger partial charge in [-0.05, 0) is 82.5 Å². The van der Waals surface area contributed by atoms with Gasteiger partial charge in [0.25, 0.3) is 11.8 Å². The molecular weight excluding hydrogens is 620 g/mol. The minimum atomic E-state index is -3.79. The number of aliphatic hydroxyl groups excluding tert-OH is 1. The predicted molar refractivity (Wildman–Crippen MR) is 180 cm³/mol. The Labute approximate surface area is 278 Å². The molecule has 1 aliphatic heterocycles. The third-order valence-electron chi connectivity index (χ3n) is 8.42. The summed E-state index contributed by atoms with van der Waals surface area (Å²) >= 11 is 0. The number of nitrogens with zero attached hydrogens (tertiary/aromatic N) is 3. The van der Waals surface area contributed by atoms with Crippen molar-refractivity contribution in [1.29, 1.82) is 0 Å². The fraction of sp³-hybridized carbons (Fsp3) is 0.457. The molecule has 11 nitrogen and oxygen atoms in total. The first-order valence-corrected chi connectivity index (χ1v) is 17.4. The van der Waals surface area contributed by atoms with E-state index in [1.807, 2.05) is 20.8 Å². The van der Waals surface area contributed by atoms with Crippen LogP contribution < -0.4 is 10.1 Å². The van der Waals surface area contributed by atoms with Crippen molar-refractivity contribution in [1.82, 2.24) is 14.2 Å². The second-order valence-corrected chi connectivity index (χ2v) is 14.3. The number of aromatic nitrogens is 1. The molecule has 3 aromatic rings. The summed E-state index contributed by atoms with van der Waals surface area (Å²) in [6, 6.07) is 14.3. The number of anilines is 1. The third kappa shape index (κ3) is 9.38. The fourth-order valence-electron chi connectivity index (χ4n) is 5.41. The van der Waals surface area contributed by atoms with Crippen LogP contribution in [0.1, 0.15) is 66.3 Å². The predicted octanol–water partition coefficient (Wildman–Crippen LogP) is 4.76. The molecule has 0 saturated heterocycles. The van der Waals surface area contributed by atoms with Crippen LogP contribution in [0.15, 0.2) is 71.9 Å². The van der Waals surface area contributed by atoms with E-state index in [2.05, 4.69) is 10.3 Å². The zero-order valence-electron chi connectivity index (χ0n) is 27.8. The summed E-state index contributed by atoms with van der Waals surface area (Å²) in [7, 11) is -2.25. The van der Waals surface area contributed by atoms with Crippen molar-refractivity contribution in [3.05, 3.63) is 83.7 Å². The third-order valence-corrected chi connectivity index (χ3v) is 10.3. The summed E-state index contributed by atoms with van der Waals surface area (Å²) in [6.45, 7) is 7.87. The normalized spacial score (nSPS) is 20.5. The lowest BCUT2D eigenvalue weighted by molar-refractivity contribution is -0.00834. The topological polar surface area (TPSA) is 138 Å². The number of aliphatic hydroxyl groups is 1. The van der Waals surface area contributed by atoms with Gasteiger partial charge in [-0.2, -0.15) is 4.31 Å². The second-order valence-electron chi connectivity index (χ2n) is 12.3. The Hall–Kier alpha value is -3.84. The fourth-order valence-corrected chi connectivity index (χ4v) is 6.59. The van der Waals surface area contributed by atoms with Gasteiger partial charge in [-0.3, -0.25) is 14.6 Å². The summed E-state index contributed by atoms with van der Waals surface area (Å²) in [5.74, 6) is -0.684. The number of aryl methyl sites for hydroxylation is 1. The molecule has 2 aromatic carbocycles. The van der Waals surface area contributed by atoms with Gasteiger partial charge >= 0.3 is 0 Å². The molecule has 1 aliphatic rings. The van der Waals surface area contributed by atoms with Crippen molar-refractivity contribution in [2.75, 3.05) is 38.7 Å². The maximum Gasteiger partial charge on any atom is 0.258 e. The van der Waals surface area contributed by atoms with Crippen molar-refractivity contribution in [2.24, 2.45) is 5.92 Å². The highest BCUT2D eigenvalue weighted by Gasteiger charge is 2.32. The molecule has 0 spiro atoms. The Bertz CT molecular complexity index is 1600. The van der Waals surface area contributed by atoms with Gasteiger partial charge in [0.1, 0.15) is 5.75 Å². The van der Waals surface area contributed by atoms with E-state index >= 15 is 0 Å². The van der Waals surface area contributed by atoms with Crippen molar-refractivity contribution in [3.63, 3.8) is 0 Å². The van der Waals surface area contributed by atoms with Gasteiger partial charge in [0.2, 0.25) is 10.0 Å². The van der Waals surface area contributed by atoms with E-state index in [1.165, 1.54) is 23.7 Å². The summed E-state index contributed by atoms with van der Waals surface area (Å²) in [4.78, 5) is 32.9. The van der Waals surface area contributed by atoms with Crippen LogP contribution in [0.25, 0.3) is 0 Å². The molecule has 0 bridgehead atoms. The van der Waals surface area contributed by atoms with Gasteiger partial charge < -0.3 is 24.8 Å². The molecule has 254 valence electrons. The Morgan fingerprint density at radius 2 is 1.81 bits per heavy atom. The van der Waals surface area contributed by atoms with Gasteiger partial charge in [-0.25, -0.2) is 8.42 Å². The highest BCUT2D eigenvalue weighted by Crippen LogP contribution is 2.29. The Kier molecular flexibility index (Phi) is 12.5. The second kappa shape index (κ2) is 16.3. The van der Waals surface area contributed by atoms with Crippen LogP contribution in [0.4, 0.5) is 5.69 Å². The first-order valence-electron chi connectivity index (χ1n) is 16.0. The molecule has 0 fully saturated rings. The van der Waals surface area contributed by atoms with Crippen LogP contribution >= 0.6 is 0 Å². The molecule has 1 aromatic heterocycles. The number of likely N-dealkylation sites (N-methyl/N-ethyl adjacent to an activating group) is 1. The number of pyridine rings is 1. The molecule has 12 heteroatoms. The van der Waals surface area contributed by atoms with E-state index < -0.39 is 28.1 Å². The average molecular weight is 667 g/mol. The number of nitrogens with one attached hydrogen (secondary N) is 1. The van der Waals surface area contributed by atoms with Crippen molar-refractivity contribution < 1.29 is 32.6 Å². The highest BCUT2D eigenvalue weighted by molar-refractivity contribution is 7.89. The number of carbonyl (C=O) groups excluding carboxylic acids is 2. The van der Waals surface area contributed by atoms with Gasteiger partial charge in [0, 0.05) is 56.3 Å². The lowest BCUT2D eigenvalue weighted by Crippen LogP contribution is -2.48. The minimum Gasteiger partial charge on any atom is -0.490 e. The number of benzene rings is 2. The van der Waals surface area contributed by atoms with E-state index in [-0.39, 0.29) is 48.1 Å². The van der Waals surface area contributed by atoms with E-state index in [4.69, 9.17) is 9.47 Å². The Morgan fingerprint density at radius 3 is 2.49 bits per heavy atom. The number of rotatable bonds is 8. The number of carbonyl (C=O) groups is 2. The molecule has 0 radical (unpaired) electrons. The van der Waals surface area contributed by atoms with Crippen LogP contribution in [-0.4, -0.2) is 91.1 Å². The Morgan fingerprint density at radius 1 is 1.11 bits per heavy atom. The molecule has 4 atom stereocenters. The molecule has 4 rings (SSSR count). The van der Waals surface area contributed by atoms with E-state index in [1.54, 1.807) is 66.4 Å². The molecule has 0 unspecified atom stereocenters. The smallest absolute Gasteiger partial charge is 0.258 e. The van der Waals surface area contributed by atoms with Crippen molar-refractivity contribution in [3.8, 4) is 5.75 Å². The molecule has 0 aliphatic carbocycles. The maximum atomic E-state index is 14.3. The van der Waals surface area contributed by atoms with E-state index in [9.17, 15) is 23.1 Å². The van der Waals surface area contributed by atoms with E-state index in [0.29, 0.717) is 30.0 Å². The SMILES string of the molecule is Cc1ccc(S(=O)(=O)N(C)C[C@@H]2OCCCC[C@H](C)Oc3ccc(NC(=O)c4ccncc4)cc3C(=O)N([C@H](C)CO)C[C@@H]2C)cc1. The highest BCUT2D eigenvalue weighted by atomic mass is 32.2. The number of hydrogen-bond donors (Lipinski definition) is 2. The molecular formula is C35H46N4O7S. The zero-order valence-corrected chi connectivity index (χ0v) is 28.6. The molecule has 0 saturated carbocycles. The molecule has 2 N–H and O–H groups in total. The zero-order chi connectivity index (χ0) is 34.1. The summed E-state index contributed by atoms with van der Waals surface area (Å²) in [6.07, 6.45) is 4.55. The van der Waals surface area contributed by atoms with Crippen LogP contribution in [0.2, 0.25) is 0 Å². The van der Waals surface area contributed by atoms with Gasteiger partial charge in [-0.1, -0.05) is 24.6 Å². The minimum absolute atomic E-state index is 0.0776. The van der Waals surface area contributed by atoms with Crippen molar-refractivity contribution in [2.45, 2.75) is 70.1 Å². The van der Waals surface area contributed by atoms with Crippen LogP contribution in [0.3, 0.4) is 0 Å². The van der Waals surface area contributed by atoms with Crippen molar-refractivity contribution >= 4 is 27.5 Å². The van der Waals surface area contributed by atoms with Crippen LogP contribution in [0, 0.1) is 12.8 Å². The van der Waals surface area contributed by atoms with Crippen LogP contribution in [-0.2, 0) is 14.8 Å². The number of hydrogen-bond acceptors (Lipinski definition) is 8. The van der Waals surface area contributed by atoms with Crippen LogP contribution in [0.5, 0.6) is 5.75 Å². The standard InChI is InChI=1S/C35H46N4O7S/c1-24-9-12-30(13-10-24)47(43,44)38(5)22-33-25(2)21-39(26(3)23-40)35(42)31-20-29(37-34(41)28-15-17-36-18-16-28)11-14-32(31)46-27(4)8-6-7-19-45-33/h9-18,20,25-27,33,40H,6-8,19,21-23H2,1-5H3,(H,37,41)/t25-,26+,27-,33-/m0/s1. The number of sulfonamides is 1. The molecule has 2 heterocycles. The van der Waals surface area contributed by atoms with Gasteiger partial charge in [0.05, 0.1) is 35.3 Å². The monoisotopic (exact) mass is 666 g/mol. The number of amides is 2. The Balaban J connectivity index is 1.65. The summed E-state index contributed by atoms with van der Waals surface area (Å²) in [5.41, 5.74) is 2.03. The quantitative estimate of drug-likeness (QED) is 0.351. The van der Waals surface area contributed by atoms with Gasteiger partial charge in [-0.15, -0.1) is 0 Å². The lowest BCUT2D eigenvalue weighted by atomic mass is 10.0. The number of fused-ring (bicyclic) bond motifs is 1. The average Bonchev–Trinajstić information content (AvgIpc) is 3.06. The first-order chi connectivity index (χ1) is 22.4. The first kappa shape index (κ1) is 36.0.